The summed E-state index contributed by atoms with van der Waals surface area (Å²) < 4.78 is 13.4. The Balaban J connectivity index is 2.14. The maximum Gasteiger partial charge on any atom is 0.231 e. The zero-order chi connectivity index (χ0) is 11.1. The first-order chi connectivity index (χ1) is 7.75. The van der Waals surface area contributed by atoms with Crippen molar-refractivity contribution in [3.05, 3.63) is 29.1 Å². The van der Waals surface area contributed by atoms with E-state index in [1.165, 1.54) is 0 Å². The van der Waals surface area contributed by atoms with Crippen LogP contribution in [0.25, 0.3) is 11.3 Å². The highest BCUT2D eigenvalue weighted by Gasteiger charge is 2.16. The van der Waals surface area contributed by atoms with Crippen LogP contribution in [0.15, 0.2) is 29.1 Å². The van der Waals surface area contributed by atoms with Crippen LogP contribution in [0.5, 0.6) is 11.5 Å². The number of aryl methyl sites for hydroxylation is 1. The van der Waals surface area contributed by atoms with Crippen LogP contribution in [0, 0.1) is 0 Å². The Morgan fingerprint density at radius 2 is 2.12 bits per heavy atom. The number of nitrogens with zero attached hydrogens (tertiary/aromatic N) is 2. The van der Waals surface area contributed by atoms with E-state index >= 15 is 0 Å². The molecule has 0 unspecified atom stereocenters. The van der Waals surface area contributed by atoms with Crippen LogP contribution < -0.4 is 9.47 Å². The minimum absolute atomic E-state index is 0.297. The van der Waals surface area contributed by atoms with E-state index in [4.69, 9.17) is 9.47 Å². The molecule has 0 bridgehead atoms. The van der Waals surface area contributed by atoms with Crippen molar-refractivity contribution >= 4 is 15.9 Å². The van der Waals surface area contributed by atoms with Crippen LogP contribution in [0.1, 0.15) is 0 Å². The second-order valence-electron chi connectivity index (χ2n) is 3.56. The van der Waals surface area contributed by atoms with Crippen molar-refractivity contribution in [3.63, 3.8) is 0 Å². The number of benzene rings is 1. The van der Waals surface area contributed by atoms with Crippen molar-refractivity contribution in [3.8, 4) is 22.8 Å². The molecule has 1 aliphatic rings. The van der Waals surface area contributed by atoms with Crippen LogP contribution in [0.4, 0.5) is 0 Å². The SMILES string of the molecule is Cn1cnc(Br)c1-c1ccc2c(c1)OCO2. The normalized spacial score (nSPS) is 13.1. The highest BCUT2D eigenvalue weighted by atomic mass is 79.9. The van der Waals surface area contributed by atoms with Gasteiger partial charge in [0.1, 0.15) is 4.60 Å². The lowest BCUT2D eigenvalue weighted by molar-refractivity contribution is 0.174. The molecular formula is C11H9BrN2O2. The number of hydrogen-bond donors (Lipinski definition) is 0. The molecule has 1 aromatic carbocycles. The second-order valence-corrected chi connectivity index (χ2v) is 4.31. The Kier molecular flexibility index (Phi) is 2.14. The molecule has 0 N–H and O–H groups in total. The number of fused-ring (bicyclic) bond motifs is 1. The largest absolute Gasteiger partial charge is 0.454 e. The van der Waals surface area contributed by atoms with E-state index in [-0.39, 0.29) is 0 Å². The molecular weight excluding hydrogens is 272 g/mol. The van der Waals surface area contributed by atoms with Gasteiger partial charge in [0.25, 0.3) is 0 Å². The van der Waals surface area contributed by atoms with Gasteiger partial charge in [0.15, 0.2) is 11.5 Å². The first kappa shape index (κ1) is 9.72. The fourth-order valence-electron chi connectivity index (χ4n) is 1.77. The standard InChI is InChI=1S/C11H9BrN2O2/c1-14-5-13-11(12)10(14)7-2-3-8-9(4-7)16-6-15-8/h2-5H,6H2,1H3. The number of hydrogen-bond acceptors (Lipinski definition) is 3. The molecule has 0 aliphatic carbocycles. The molecule has 82 valence electrons. The van der Waals surface area contributed by atoms with Crippen molar-refractivity contribution < 1.29 is 9.47 Å². The minimum atomic E-state index is 0.297. The molecule has 3 rings (SSSR count). The topological polar surface area (TPSA) is 36.3 Å². The Morgan fingerprint density at radius 3 is 2.88 bits per heavy atom. The molecule has 2 aromatic rings. The van der Waals surface area contributed by atoms with Gasteiger partial charge in [-0.2, -0.15) is 0 Å². The van der Waals surface area contributed by atoms with Crippen LogP contribution in [-0.2, 0) is 7.05 Å². The quantitative estimate of drug-likeness (QED) is 0.806. The van der Waals surface area contributed by atoms with E-state index < -0.39 is 0 Å². The maximum absolute atomic E-state index is 5.35. The summed E-state index contributed by atoms with van der Waals surface area (Å²) in [5.74, 6) is 1.58. The monoisotopic (exact) mass is 280 g/mol. The number of rotatable bonds is 1. The van der Waals surface area contributed by atoms with Gasteiger partial charge in [-0.05, 0) is 34.1 Å². The molecule has 5 heteroatoms. The van der Waals surface area contributed by atoms with Gasteiger partial charge in [-0.25, -0.2) is 4.98 Å². The van der Waals surface area contributed by atoms with Gasteiger partial charge in [-0.3, -0.25) is 0 Å². The van der Waals surface area contributed by atoms with Crippen molar-refractivity contribution in [2.24, 2.45) is 7.05 Å². The van der Waals surface area contributed by atoms with Gasteiger partial charge in [-0.15, -0.1) is 0 Å². The molecule has 0 amide bonds. The summed E-state index contributed by atoms with van der Waals surface area (Å²) in [5, 5.41) is 0. The van der Waals surface area contributed by atoms with E-state index in [1.54, 1.807) is 6.33 Å². The highest BCUT2D eigenvalue weighted by molar-refractivity contribution is 9.10. The third-order valence-electron chi connectivity index (χ3n) is 2.54. The first-order valence-corrected chi connectivity index (χ1v) is 5.62. The van der Waals surface area contributed by atoms with Crippen LogP contribution in [0.3, 0.4) is 0 Å². The third kappa shape index (κ3) is 1.39. The minimum Gasteiger partial charge on any atom is -0.454 e. The average molecular weight is 281 g/mol. The zero-order valence-corrected chi connectivity index (χ0v) is 10.2. The lowest BCUT2D eigenvalue weighted by Crippen LogP contribution is -1.93. The Hall–Kier alpha value is -1.49. The van der Waals surface area contributed by atoms with Crippen molar-refractivity contribution in [1.29, 1.82) is 0 Å². The van der Waals surface area contributed by atoms with Crippen molar-refractivity contribution in [2.45, 2.75) is 0 Å². The molecule has 0 saturated heterocycles. The summed E-state index contributed by atoms with van der Waals surface area (Å²) in [6.45, 7) is 0.297. The van der Waals surface area contributed by atoms with Crippen LogP contribution in [-0.4, -0.2) is 16.3 Å². The Bertz CT molecular complexity index is 531. The predicted molar refractivity (Wildman–Crippen MR) is 62.5 cm³/mol. The van der Waals surface area contributed by atoms with E-state index in [9.17, 15) is 0 Å². The fraction of sp³-hybridized carbons (Fsp3) is 0.182. The second kappa shape index (κ2) is 3.52. The van der Waals surface area contributed by atoms with Crippen molar-refractivity contribution in [1.82, 2.24) is 9.55 Å². The molecule has 0 spiro atoms. The smallest absolute Gasteiger partial charge is 0.231 e. The average Bonchev–Trinajstić information content (AvgIpc) is 2.85. The van der Waals surface area contributed by atoms with Gasteiger partial charge < -0.3 is 14.0 Å². The molecule has 0 atom stereocenters. The molecule has 0 fully saturated rings. The van der Waals surface area contributed by atoms with Crippen LogP contribution in [0.2, 0.25) is 0 Å². The van der Waals surface area contributed by atoms with Gasteiger partial charge >= 0.3 is 0 Å². The van der Waals surface area contributed by atoms with E-state index in [1.807, 2.05) is 29.8 Å². The van der Waals surface area contributed by atoms with Crippen molar-refractivity contribution in [2.75, 3.05) is 6.79 Å². The number of aromatic nitrogens is 2. The predicted octanol–water partition coefficient (Wildman–Crippen LogP) is 2.58. The summed E-state index contributed by atoms with van der Waals surface area (Å²) >= 11 is 3.43. The summed E-state index contributed by atoms with van der Waals surface area (Å²) in [6.07, 6.45) is 1.77. The molecule has 2 heterocycles. The van der Waals surface area contributed by atoms with E-state index in [2.05, 4.69) is 20.9 Å². The summed E-state index contributed by atoms with van der Waals surface area (Å²) in [4.78, 5) is 4.19. The first-order valence-electron chi connectivity index (χ1n) is 4.82. The highest BCUT2D eigenvalue weighted by Crippen LogP contribution is 2.37. The Labute approximate surface area is 101 Å². The fourth-order valence-corrected chi connectivity index (χ4v) is 2.37. The molecule has 0 saturated carbocycles. The molecule has 1 aliphatic heterocycles. The van der Waals surface area contributed by atoms with Gasteiger partial charge in [-0.1, -0.05) is 0 Å². The van der Waals surface area contributed by atoms with E-state index in [0.29, 0.717) is 6.79 Å². The zero-order valence-electron chi connectivity index (χ0n) is 8.61. The molecule has 0 radical (unpaired) electrons. The summed E-state index contributed by atoms with van der Waals surface area (Å²) in [6, 6.07) is 5.87. The molecule has 4 nitrogen and oxygen atoms in total. The lowest BCUT2D eigenvalue weighted by Gasteiger charge is -2.04. The summed E-state index contributed by atoms with van der Waals surface area (Å²) in [7, 11) is 1.96. The van der Waals surface area contributed by atoms with Gasteiger partial charge in [0, 0.05) is 12.6 Å². The Morgan fingerprint density at radius 1 is 1.31 bits per heavy atom. The number of ether oxygens (including phenoxy) is 2. The molecule has 1 aromatic heterocycles. The van der Waals surface area contributed by atoms with Crippen LogP contribution >= 0.6 is 15.9 Å². The maximum atomic E-state index is 5.35. The van der Waals surface area contributed by atoms with E-state index in [0.717, 1.165) is 27.4 Å². The van der Waals surface area contributed by atoms with Gasteiger partial charge in [0.05, 0.1) is 12.0 Å². The lowest BCUT2D eigenvalue weighted by atomic mass is 10.1. The summed E-state index contributed by atoms with van der Waals surface area (Å²) in [5.41, 5.74) is 2.08. The molecule has 16 heavy (non-hydrogen) atoms. The number of halogens is 1. The third-order valence-corrected chi connectivity index (χ3v) is 3.12. The van der Waals surface area contributed by atoms with Gasteiger partial charge in [0.2, 0.25) is 6.79 Å². The number of imidazole rings is 1.